The summed E-state index contributed by atoms with van der Waals surface area (Å²) in [7, 11) is 0. The van der Waals surface area contributed by atoms with Crippen LogP contribution < -0.4 is 0 Å². The van der Waals surface area contributed by atoms with Crippen LogP contribution in [-0.2, 0) is 22.4 Å². The minimum Gasteiger partial charge on any atom is -0.459 e. The topological polar surface area (TPSA) is 107 Å². The number of β-amino-alcohol motifs (C(OH)–C–C–N with tert-alkyl or cyclic N) is 1. The molecule has 3 N–H and O–H groups in total. The van der Waals surface area contributed by atoms with Crippen molar-refractivity contribution in [1.29, 1.82) is 0 Å². The first kappa shape index (κ1) is 33.1. The van der Waals surface area contributed by atoms with Crippen molar-refractivity contribution in [2.45, 2.75) is 69.7 Å². The third-order valence-electron chi connectivity index (χ3n) is 7.53. The van der Waals surface area contributed by atoms with Gasteiger partial charge in [0.1, 0.15) is 17.0 Å². The first-order chi connectivity index (χ1) is 19.1. The number of aliphatic hydroxyl groups is 3. The number of hydrogen-bond acceptors (Lipinski definition) is 7. The highest BCUT2D eigenvalue weighted by Crippen LogP contribution is 2.42. The third-order valence-corrected chi connectivity index (χ3v) is 9.62. The van der Waals surface area contributed by atoms with Crippen LogP contribution in [0.3, 0.4) is 0 Å². The van der Waals surface area contributed by atoms with E-state index in [4.69, 9.17) is 39.5 Å². The summed E-state index contributed by atoms with van der Waals surface area (Å²) >= 11 is 20.8. The molecule has 0 spiro atoms. The number of aliphatic hydroxyl groups excluding tert-OH is 3. The van der Waals surface area contributed by atoms with Crippen LogP contribution in [-0.4, -0.2) is 76.0 Å². The predicted octanol–water partition coefficient (Wildman–Crippen LogP) is 5.74. The lowest BCUT2D eigenvalue weighted by molar-refractivity contribution is -0.144. The highest BCUT2D eigenvalue weighted by molar-refractivity contribution is 7.14. The number of halogens is 3. The van der Waals surface area contributed by atoms with Gasteiger partial charge in [0.25, 0.3) is 0 Å². The maximum atomic E-state index is 13.2. The normalized spacial score (nSPS) is 17.3. The molecule has 1 aromatic heterocycles. The lowest BCUT2D eigenvalue weighted by atomic mass is 9.92. The van der Waals surface area contributed by atoms with E-state index in [1.165, 1.54) is 18.3 Å². The Morgan fingerprint density at radius 2 is 1.85 bits per heavy atom. The highest BCUT2D eigenvalue weighted by Gasteiger charge is 2.39. The quantitative estimate of drug-likeness (QED) is 0.181. The van der Waals surface area contributed by atoms with Crippen LogP contribution in [0.25, 0.3) is 11.1 Å². The van der Waals surface area contributed by atoms with E-state index in [9.17, 15) is 24.9 Å². The Bertz CT molecular complexity index is 1170. The van der Waals surface area contributed by atoms with Crippen LogP contribution in [0, 0.1) is 5.92 Å². The maximum Gasteiger partial charge on any atom is 0.348 e. The van der Waals surface area contributed by atoms with Gasteiger partial charge in [-0.15, -0.1) is 22.9 Å². The zero-order chi connectivity index (χ0) is 29.4. The summed E-state index contributed by atoms with van der Waals surface area (Å²) in [5.74, 6) is -0.561. The summed E-state index contributed by atoms with van der Waals surface area (Å²) in [4.78, 5) is 27.8. The molecule has 1 aliphatic carbocycles. The molecule has 11 heteroatoms. The summed E-state index contributed by atoms with van der Waals surface area (Å²) < 4.78 is 5.55. The number of carbonyl (C=O) groups excluding carboxylic acids is 2. The van der Waals surface area contributed by atoms with Gasteiger partial charge >= 0.3 is 5.97 Å². The first-order valence-electron chi connectivity index (χ1n) is 13.6. The van der Waals surface area contributed by atoms with Crippen LogP contribution in [0.4, 0.5) is 0 Å². The number of aryl methyl sites for hydroxylation is 2. The molecule has 3 rings (SSSR count). The average molecular weight is 635 g/mol. The molecular weight excluding hydrogens is 597 g/mol. The molecule has 1 fully saturated rings. The van der Waals surface area contributed by atoms with Crippen LogP contribution >= 0.6 is 46.1 Å². The molecule has 0 unspecified atom stereocenters. The van der Waals surface area contributed by atoms with E-state index in [1.807, 2.05) is 6.07 Å². The maximum absolute atomic E-state index is 13.2. The molecule has 222 valence electrons. The van der Waals surface area contributed by atoms with Crippen molar-refractivity contribution in [3.63, 3.8) is 0 Å². The van der Waals surface area contributed by atoms with E-state index in [-0.39, 0.29) is 18.5 Å². The molecule has 2 atom stereocenters. The zero-order valence-electron chi connectivity index (χ0n) is 22.9. The van der Waals surface area contributed by atoms with E-state index in [0.717, 1.165) is 71.4 Å². The van der Waals surface area contributed by atoms with Gasteiger partial charge in [0.05, 0.1) is 24.8 Å². The van der Waals surface area contributed by atoms with Crippen LogP contribution in [0.5, 0.6) is 0 Å². The molecule has 1 heterocycles. The smallest absolute Gasteiger partial charge is 0.348 e. The van der Waals surface area contributed by atoms with Gasteiger partial charge < -0.3 is 25.0 Å². The number of amides is 1. The molecule has 2 aromatic rings. The Balaban J connectivity index is 1.91. The highest BCUT2D eigenvalue weighted by atomic mass is 35.5. The summed E-state index contributed by atoms with van der Waals surface area (Å²) in [6.45, 7) is 1.08. The van der Waals surface area contributed by atoms with Crippen molar-refractivity contribution in [3.8, 4) is 11.1 Å². The van der Waals surface area contributed by atoms with Gasteiger partial charge in [-0.05, 0) is 73.8 Å². The Hall–Kier alpha value is -1.39. The second-order valence-corrected chi connectivity index (χ2v) is 13.0. The number of ether oxygens (including phenoxy) is 1. The second-order valence-electron chi connectivity index (χ2n) is 10.4. The molecule has 1 amide bonds. The Kier molecular flexibility index (Phi) is 12.6. The lowest BCUT2D eigenvalue weighted by Crippen LogP contribution is -2.60. The van der Waals surface area contributed by atoms with Gasteiger partial charge in [-0.2, -0.15) is 0 Å². The molecule has 40 heavy (non-hydrogen) atoms. The summed E-state index contributed by atoms with van der Waals surface area (Å²) in [5, 5.41) is 30.8. The van der Waals surface area contributed by atoms with Gasteiger partial charge in [0.15, 0.2) is 0 Å². The first-order valence-corrected chi connectivity index (χ1v) is 15.6. The molecule has 1 saturated carbocycles. The number of nitrogens with zero attached hydrogens (tertiary/aromatic N) is 1. The number of carbonyl (C=O) groups is 2. The number of benzene rings is 1. The van der Waals surface area contributed by atoms with Crippen LogP contribution in [0.2, 0.25) is 10.0 Å². The minimum atomic E-state index is -1.56. The number of hydrogen-bond donors (Lipinski definition) is 3. The van der Waals surface area contributed by atoms with Gasteiger partial charge in [0.2, 0.25) is 5.91 Å². The molecule has 0 bridgehead atoms. The molecule has 1 aromatic carbocycles. The Morgan fingerprint density at radius 1 is 1.12 bits per heavy atom. The van der Waals surface area contributed by atoms with E-state index >= 15 is 0 Å². The monoisotopic (exact) mass is 633 g/mol. The predicted molar refractivity (Wildman–Crippen MR) is 161 cm³/mol. The van der Waals surface area contributed by atoms with Crippen molar-refractivity contribution in [1.82, 2.24) is 4.90 Å². The molecular formula is C29H38Cl3NO6S. The molecule has 0 radical (unpaired) electrons. The Morgan fingerprint density at radius 3 is 2.42 bits per heavy atom. The van der Waals surface area contributed by atoms with Crippen LogP contribution in [0.15, 0.2) is 18.2 Å². The standard InChI is InChI=1S/C29H38Cl3NO6S/c1-3-4-25-23(27-20(12-22(31)13-24(27)32)7-5-19-6-8-21(30)11-19)14-26(40-25)28(38)39-17-29(15-35,16-36)33(9-10-34)18(2)37/h12-14,19,21,34-36H,3-11,15-17H2,1-2H3/t19-,21+/m0/s1. The largest absolute Gasteiger partial charge is 0.459 e. The van der Waals surface area contributed by atoms with Gasteiger partial charge in [0, 0.05) is 34.3 Å². The van der Waals surface area contributed by atoms with Gasteiger partial charge in [-0.1, -0.05) is 36.5 Å². The SMILES string of the molecule is CCCc1sc(C(=O)OCC(CO)(CO)N(CCO)C(C)=O)cc1-c1c(Cl)cc(Cl)cc1CC[C@H]1CC[C@@H](Cl)C1. The van der Waals surface area contributed by atoms with E-state index in [0.29, 0.717) is 20.8 Å². The number of rotatable bonds is 14. The van der Waals surface area contributed by atoms with Gasteiger partial charge in [-0.3, -0.25) is 4.79 Å². The van der Waals surface area contributed by atoms with Crippen molar-refractivity contribution >= 4 is 58.0 Å². The average Bonchev–Trinajstić information content (AvgIpc) is 3.53. The van der Waals surface area contributed by atoms with E-state index in [1.54, 1.807) is 12.1 Å². The third kappa shape index (κ3) is 7.91. The van der Waals surface area contributed by atoms with Crippen molar-refractivity contribution in [2.75, 3.05) is 33.0 Å². The molecule has 0 aliphatic heterocycles. The molecule has 1 aliphatic rings. The summed E-state index contributed by atoms with van der Waals surface area (Å²) in [5.41, 5.74) is 1.17. The summed E-state index contributed by atoms with van der Waals surface area (Å²) in [6, 6.07) is 5.43. The van der Waals surface area contributed by atoms with E-state index < -0.39 is 37.2 Å². The lowest BCUT2D eigenvalue weighted by Gasteiger charge is -2.40. The van der Waals surface area contributed by atoms with E-state index in [2.05, 4.69) is 6.92 Å². The van der Waals surface area contributed by atoms with Crippen molar-refractivity contribution < 1.29 is 29.6 Å². The van der Waals surface area contributed by atoms with Crippen molar-refractivity contribution in [3.05, 3.63) is 43.6 Å². The summed E-state index contributed by atoms with van der Waals surface area (Å²) in [6.07, 6.45) is 6.48. The zero-order valence-corrected chi connectivity index (χ0v) is 26.0. The second kappa shape index (κ2) is 15.2. The van der Waals surface area contributed by atoms with Crippen LogP contribution in [0.1, 0.15) is 66.1 Å². The number of esters is 1. The number of thiophene rings is 1. The number of alkyl halides is 1. The molecule has 0 saturated heterocycles. The fourth-order valence-electron chi connectivity index (χ4n) is 5.40. The Labute approximate surface area is 255 Å². The minimum absolute atomic E-state index is 0.123. The fraction of sp³-hybridized carbons (Fsp3) is 0.586. The fourth-order valence-corrected chi connectivity index (χ4v) is 7.58. The van der Waals surface area contributed by atoms with Crippen molar-refractivity contribution in [2.24, 2.45) is 5.92 Å². The van der Waals surface area contributed by atoms with Gasteiger partial charge in [-0.25, -0.2) is 4.79 Å². The molecule has 7 nitrogen and oxygen atoms in total.